The third kappa shape index (κ3) is 3.30. The zero-order chi connectivity index (χ0) is 14.1. The van der Waals surface area contributed by atoms with Crippen molar-refractivity contribution in [2.45, 2.75) is 76.5 Å². The Hall–Kier alpha value is -0.160. The molecule has 0 spiro atoms. The van der Waals surface area contributed by atoms with E-state index in [0.29, 0.717) is 0 Å². The van der Waals surface area contributed by atoms with Gasteiger partial charge in [-0.15, -0.1) is 0 Å². The summed E-state index contributed by atoms with van der Waals surface area (Å²) in [5.74, 6) is -0.284. The Morgan fingerprint density at radius 2 is 2.05 bits per heavy atom. The van der Waals surface area contributed by atoms with Gasteiger partial charge in [0.1, 0.15) is 0 Å². The van der Waals surface area contributed by atoms with E-state index in [1.165, 1.54) is 6.42 Å². The first-order valence-corrected chi connectivity index (χ1v) is 7.42. The van der Waals surface area contributed by atoms with Crippen LogP contribution in [0.3, 0.4) is 0 Å². The van der Waals surface area contributed by atoms with Crippen LogP contribution >= 0.6 is 0 Å². The van der Waals surface area contributed by atoms with Gasteiger partial charge < -0.3 is 19.3 Å². The smallest absolute Gasteiger partial charge is 0.173 e. The molecule has 0 bridgehead atoms. The fraction of sp³-hybridized carbons (Fsp3) is 1.00. The summed E-state index contributed by atoms with van der Waals surface area (Å²) < 4.78 is 18.1. The normalized spacial score (nSPS) is 39.9. The van der Waals surface area contributed by atoms with Crippen molar-refractivity contribution in [1.82, 2.24) is 0 Å². The molecule has 0 radical (unpaired) electrons. The molecule has 0 aromatic rings. The molecule has 0 unspecified atom stereocenters. The number of rotatable bonds is 3. The van der Waals surface area contributed by atoms with Crippen molar-refractivity contribution in [3.05, 3.63) is 0 Å². The molecular weight excluding hydrogens is 244 g/mol. The Labute approximate surface area is 116 Å². The molecule has 2 rings (SSSR count). The Morgan fingerprint density at radius 3 is 2.63 bits per heavy atom. The van der Waals surface area contributed by atoms with Crippen molar-refractivity contribution in [2.75, 3.05) is 13.7 Å². The van der Waals surface area contributed by atoms with Gasteiger partial charge in [0, 0.05) is 25.9 Å². The first kappa shape index (κ1) is 15.2. The topological polar surface area (TPSA) is 47.9 Å². The average Bonchev–Trinajstić information content (AvgIpc) is 2.36. The Morgan fingerprint density at radius 1 is 1.32 bits per heavy atom. The molecule has 19 heavy (non-hydrogen) atoms. The Kier molecular flexibility index (Phi) is 4.56. The molecular formula is C15H28O4. The molecule has 0 aromatic heterocycles. The molecule has 1 N–H and O–H groups in total. The highest BCUT2D eigenvalue weighted by Gasteiger charge is 2.52. The summed E-state index contributed by atoms with van der Waals surface area (Å²) in [5, 5.41) is 9.47. The fourth-order valence-electron chi connectivity index (χ4n) is 3.51. The fourth-order valence-corrected chi connectivity index (χ4v) is 3.51. The molecule has 1 heterocycles. The second-order valence-electron chi connectivity index (χ2n) is 6.80. The molecule has 1 aliphatic heterocycles. The number of ether oxygens (including phenoxy) is 3. The summed E-state index contributed by atoms with van der Waals surface area (Å²) in [4.78, 5) is 0. The highest BCUT2D eigenvalue weighted by Crippen LogP contribution is 2.46. The lowest BCUT2D eigenvalue weighted by atomic mass is 9.75. The maximum atomic E-state index is 9.47. The largest absolute Gasteiger partial charge is 0.394 e. The van der Waals surface area contributed by atoms with E-state index < -0.39 is 5.79 Å². The SMILES string of the molecule is CO[C@]12CCCC[C@H]1[C@@H](OC(C)(C)C)C[C@@H](CO)O2. The summed E-state index contributed by atoms with van der Waals surface area (Å²) in [6, 6.07) is 0. The summed E-state index contributed by atoms with van der Waals surface area (Å²) in [5.41, 5.74) is -0.182. The van der Waals surface area contributed by atoms with Gasteiger partial charge in [0.2, 0.25) is 0 Å². The van der Waals surface area contributed by atoms with Crippen LogP contribution in [-0.2, 0) is 14.2 Å². The summed E-state index contributed by atoms with van der Waals surface area (Å²) >= 11 is 0. The molecule has 1 saturated carbocycles. The van der Waals surface area contributed by atoms with Crippen molar-refractivity contribution in [1.29, 1.82) is 0 Å². The van der Waals surface area contributed by atoms with Gasteiger partial charge in [-0.3, -0.25) is 0 Å². The third-order valence-electron chi connectivity index (χ3n) is 4.22. The summed E-state index contributed by atoms with van der Waals surface area (Å²) in [7, 11) is 1.71. The van der Waals surface area contributed by atoms with Crippen molar-refractivity contribution in [3.8, 4) is 0 Å². The minimum absolute atomic E-state index is 0.0296. The highest BCUT2D eigenvalue weighted by atomic mass is 16.7. The van der Waals surface area contributed by atoms with Crippen LogP contribution in [0.2, 0.25) is 0 Å². The average molecular weight is 272 g/mol. The monoisotopic (exact) mass is 272 g/mol. The number of hydrogen-bond donors (Lipinski definition) is 1. The lowest BCUT2D eigenvalue weighted by Gasteiger charge is -2.52. The second-order valence-corrected chi connectivity index (χ2v) is 6.80. The maximum Gasteiger partial charge on any atom is 0.173 e. The lowest BCUT2D eigenvalue weighted by Crippen LogP contribution is -2.58. The third-order valence-corrected chi connectivity index (χ3v) is 4.22. The molecule has 4 heteroatoms. The van der Waals surface area contributed by atoms with E-state index in [4.69, 9.17) is 14.2 Å². The molecule has 0 amide bonds. The molecule has 1 aliphatic carbocycles. The van der Waals surface area contributed by atoms with Crippen molar-refractivity contribution in [3.63, 3.8) is 0 Å². The number of methoxy groups -OCH3 is 1. The van der Waals surface area contributed by atoms with Crippen LogP contribution in [0.1, 0.15) is 52.9 Å². The minimum atomic E-state index is -0.556. The number of aliphatic hydroxyl groups excluding tert-OH is 1. The molecule has 4 atom stereocenters. The van der Waals surface area contributed by atoms with Gasteiger partial charge in [-0.1, -0.05) is 6.42 Å². The van der Waals surface area contributed by atoms with Crippen LogP contribution in [0, 0.1) is 5.92 Å². The van der Waals surface area contributed by atoms with Gasteiger partial charge in [0.05, 0.1) is 24.4 Å². The van der Waals surface area contributed by atoms with Crippen LogP contribution in [0.15, 0.2) is 0 Å². The predicted octanol–water partition coefficient (Wildman–Crippen LogP) is 2.48. The molecule has 4 nitrogen and oxygen atoms in total. The summed E-state index contributed by atoms with van der Waals surface area (Å²) in [6.07, 6.45) is 4.97. The van der Waals surface area contributed by atoms with Gasteiger partial charge in [-0.05, 0) is 33.6 Å². The quantitative estimate of drug-likeness (QED) is 0.857. The zero-order valence-electron chi connectivity index (χ0n) is 12.6. The van der Waals surface area contributed by atoms with Crippen molar-refractivity contribution >= 4 is 0 Å². The molecule has 112 valence electrons. The van der Waals surface area contributed by atoms with Crippen LogP contribution in [-0.4, -0.2) is 42.4 Å². The summed E-state index contributed by atoms with van der Waals surface area (Å²) in [6.45, 7) is 6.26. The first-order valence-electron chi connectivity index (χ1n) is 7.42. The molecule has 0 aromatic carbocycles. The minimum Gasteiger partial charge on any atom is -0.394 e. The number of hydrogen-bond acceptors (Lipinski definition) is 4. The molecule has 2 fully saturated rings. The molecule has 1 saturated heterocycles. The zero-order valence-corrected chi connectivity index (χ0v) is 12.6. The van der Waals surface area contributed by atoms with Gasteiger partial charge in [-0.2, -0.15) is 0 Å². The number of aliphatic hydroxyl groups is 1. The van der Waals surface area contributed by atoms with Crippen molar-refractivity contribution in [2.24, 2.45) is 5.92 Å². The lowest BCUT2D eigenvalue weighted by molar-refractivity contribution is -0.341. The maximum absolute atomic E-state index is 9.47. The van der Waals surface area contributed by atoms with E-state index >= 15 is 0 Å². The predicted molar refractivity (Wildman–Crippen MR) is 72.9 cm³/mol. The van der Waals surface area contributed by atoms with Crippen LogP contribution < -0.4 is 0 Å². The van der Waals surface area contributed by atoms with E-state index in [0.717, 1.165) is 25.7 Å². The van der Waals surface area contributed by atoms with Gasteiger partial charge in [0.15, 0.2) is 5.79 Å². The van der Waals surface area contributed by atoms with Gasteiger partial charge in [-0.25, -0.2) is 0 Å². The van der Waals surface area contributed by atoms with E-state index in [-0.39, 0.29) is 30.3 Å². The van der Waals surface area contributed by atoms with E-state index in [1.54, 1.807) is 7.11 Å². The highest BCUT2D eigenvalue weighted by molar-refractivity contribution is 4.95. The Bertz CT molecular complexity index is 299. The first-order chi connectivity index (χ1) is 8.90. The van der Waals surface area contributed by atoms with Crippen LogP contribution in [0.4, 0.5) is 0 Å². The van der Waals surface area contributed by atoms with E-state index in [2.05, 4.69) is 20.8 Å². The standard InChI is InChI=1S/C15H28O4/c1-14(2,3)19-13-9-11(10-16)18-15(17-4)8-6-5-7-12(13)15/h11-13,16H,5-10H2,1-4H3/t11-,12-,13-,15-/m0/s1. The van der Waals surface area contributed by atoms with Gasteiger partial charge in [0.25, 0.3) is 0 Å². The van der Waals surface area contributed by atoms with E-state index in [9.17, 15) is 5.11 Å². The van der Waals surface area contributed by atoms with Crippen LogP contribution in [0.5, 0.6) is 0 Å². The number of fused-ring (bicyclic) bond motifs is 1. The van der Waals surface area contributed by atoms with Gasteiger partial charge >= 0.3 is 0 Å². The van der Waals surface area contributed by atoms with Crippen LogP contribution in [0.25, 0.3) is 0 Å². The van der Waals surface area contributed by atoms with Crippen molar-refractivity contribution < 1.29 is 19.3 Å². The van der Waals surface area contributed by atoms with E-state index in [1.807, 2.05) is 0 Å². The second kappa shape index (κ2) is 5.68. The molecule has 2 aliphatic rings. The Balaban J connectivity index is 2.20.